The Morgan fingerprint density at radius 2 is 0.889 bits per heavy atom. The van der Waals surface area contributed by atoms with Crippen LogP contribution in [0.4, 0.5) is 64.1 Å². The topological polar surface area (TPSA) is 138 Å². The minimum Gasteiger partial charge on any atom is -0.436 e. The van der Waals surface area contributed by atoms with E-state index in [0.29, 0.717) is 24.3 Å². The van der Waals surface area contributed by atoms with Crippen molar-refractivity contribution in [1.29, 1.82) is 21.0 Å². The van der Waals surface area contributed by atoms with E-state index in [1.54, 1.807) is 0 Å². The number of nitrogens with one attached hydrogen (secondary N) is 2. The fourth-order valence-electron chi connectivity index (χ4n) is 5.73. The summed E-state index contributed by atoms with van der Waals surface area (Å²) in [5.74, 6) is -2.59. The van der Waals surface area contributed by atoms with Gasteiger partial charge in [0.1, 0.15) is 24.3 Å². The normalized spacial score (nSPS) is 13.6. The molecule has 2 aliphatic heterocycles. The molecule has 0 atom stereocenters. The van der Waals surface area contributed by atoms with Crippen LogP contribution in [0, 0.1) is 45.3 Å². The van der Waals surface area contributed by atoms with Crippen LogP contribution < -0.4 is 20.1 Å². The molecule has 0 aromatic heterocycles. The van der Waals surface area contributed by atoms with E-state index in [0.717, 1.165) is 12.1 Å². The van der Waals surface area contributed by atoms with Crippen LogP contribution in [-0.4, -0.2) is 0 Å². The molecule has 6 rings (SSSR count). The molecule has 0 saturated heterocycles. The van der Waals surface area contributed by atoms with Crippen LogP contribution in [0.3, 0.4) is 0 Å². The van der Waals surface area contributed by atoms with Crippen LogP contribution in [0.15, 0.2) is 71.4 Å². The van der Waals surface area contributed by atoms with Gasteiger partial charge < -0.3 is 20.1 Å². The van der Waals surface area contributed by atoms with Crippen molar-refractivity contribution in [2.75, 3.05) is 10.6 Å². The SMILES string of the molecule is N#CC(C#N)=C1Nc2c(c(-c3ccc(C(F)(F)F)cc3C(F)(F)F)cc3cc(-c4ccc(C(F)(F)F)cc4C(F)(F)F)c4c(c23)OC(=C(C#N)C#N)N4)O1. The van der Waals surface area contributed by atoms with E-state index in [4.69, 9.17) is 9.47 Å². The first-order valence-electron chi connectivity index (χ1n) is 14.4. The minimum atomic E-state index is -5.48. The lowest BCUT2D eigenvalue weighted by Gasteiger charge is -2.20. The minimum absolute atomic E-state index is 0.196. The summed E-state index contributed by atoms with van der Waals surface area (Å²) in [5.41, 5.74) is -12.9. The van der Waals surface area contributed by atoms with Gasteiger partial charge in [0.05, 0.1) is 39.0 Å². The van der Waals surface area contributed by atoms with Crippen molar-refractivity contribution in [3.8, 4) is 58.0 Å². The highest BCUT2D eigenvalue weighted by atomic mass is 19.4. The summed E-state index contributed by atoms with van der Waals surface area (Å²) in [7, 11) is 0. The van der Waals surface area contributed by atoms with Crippen molar-refractivity contribution in [1.82, 2.24) is 0 Å². The Bertz CT molecular complexity index is 2350. The summed E-state index contributed by atoms with van der Waals surface area (Å²) >= 11 is 0. The third-order valence-corrected chi connectivity index (χ3v) is 8.01. The Morgan fingerprint density at radius 1 is 0.481 bits per heavy atom. The first-order valence-corrected chi connectivity index (χ1v) is 14.4. The number of hydrogen-bond acceptors (Lipinski definition) is 8. The number of anilines is 2. The lowest BCUT2D eigenvalue weighted by molar-refractivity contribution is -0.144. The number of nitriles is 4. The number of halogens is 12. The lowest BCUT2D eigenvalue weighted by Crippen LogP contribution is -2.12. The summed E-state index contributed by atoms with van der Waals surface area (Å²) < 4.78 is 179. The quantitative estimate of drug-likeness (QED) is 0.152. The second kappa shape index (κ2) is 12.3. The number of benzene rings is 4. The van der Waals surface area contributed by atoms with Crippen LogP contribution in [0.25, 0.3) is 33.0 Å². The molecule has 0 fully saturated rings. The maximum atomic E-state index is 14.4. The van der Waals surface area contributed by atoms with Gasteiger partial charge in [-0.3, -0.25) is 0 Å². The lowest BCUT2D eigenvalue weighted by atomic mass is 9.89. The summed E-state index contributed by atoms with van der Waals surface area (Å²) in [6.45, 7) is 0. The molecule has 54 heavy (non-hydrogen) atoms. The van der Waals surface area contributed by atoms with Gasteiger partial charge in [-0.25, -0.2) is 0 Å². The number of hydrogen-bond donors (Lipinski definition) is 2. The van der Waals surface area contributed by atoms with E-state index in [1.807, 2.05) is 0 Å². The highest BCUT2D eigenvalue weighted by molar-refractivity contribution is 6.13. The molecule has 0 amide bonds. The zero-order chi connectivity index (χ0) is 39.7. The third-order valence-electron chi connectivity index (χ3n) is 8.01. The molecular weight excluding hydrogens is 752 g/mol. The first kappa shape index (κ1) is 36.7. The van der Waals surface area contributed by atoms with Gasteiger partial charge >= 0.3 is 24.7 Å². The maximum Gasteiger partial charge on any atom is 0.417 e. The predicted molar refractivity (Wildman–Crippen MR) is 160 cm³/mol. The van der Waals surface area contributed by atoms with Crippen LogP contribution >= 0.6 is 0 Å². The molecule has 8 nitrogen and oxygen atoms in total. The Hall–Kier alpha value is -7.06. The van der Waals surface area contributed by atoms with Gasteiger partial charge in [0.25, 0.3) is 0 Å². The van der Waals surface area contributed by atoms with Gasteiger partial charge in [0.15, 0.2) is 22.6 Å². The van der Waals surface area contributed by atoms with Gasteiger partial charge in [-0.1, -0.05) is 12.1 Å². The molecule has 0 spiro atoms. The van der Waals surface area contributed by atoms with Crippen molar-refractivity contribution in [2.24, 2.45) is 0 Å². The molecule has 20 heteroatoms. The number of nitrogens with zero attached hydrogens (tertiary/aromatic N) is 4. The average Bonchev–Trinajstić information content (AvgIpc) is 3.72. The van der Waals surface area contributed by atoms with E-state index >= 15 is 0 Å². The van der Waals surface area contributed by atoms with Gasteiger partial charge in [0.2, 0.25) is 11.8 Å². The second-order valence-corrected chi connectivity index (χ2v) is 11.2. The van der Waals surface area contributed by atoms with Gasteiger partial charge in [-0.15, -0.1) is 0 Å². The van der Waals surface area contributed by atoms with E-state index in [-0.39, 0.29) is 22.9 Å². The van der Waals surface area contributed by atoms with Gasteiger partial charge in [-0.2, -0.15) is 73.7 Å². The smallest absolute Gasteiger partial charge is 0.417 e. The number of fused-ring (bicyclic) bond motifs is 5. The molecule has 4 aromatic rings. The summed E-state index contributed by atoms with van der Waals surface area (Å²) in [5, 5.41) is 42.2. The fourth-order valence-corrected chi connectivity index (χ4v) is 5.73. The molecule has 0 unspecified atom stereocenters. The summed E-state index contributed by atoms with van der Waals surface area (Å²) in [4.78, 5) is 0. The maximum absolute atomic E-state index is 14.4. The molecule has 2 N–H and O–H groups in total. The van der Waals surface area contributed by atoms with Crippen molar-refractivity contribution in [2.45, 2.75) is 24.7 Å². The molecule has 272 valence electrons. The molecule has 0 aliphatic carbocycles. The van der Waals surface area contributed by atoms with E-state index in [2.05, 4.69) is 10.6 Å². The standard InChI is InChI=1S/C34H10F12N6O2/c35-31(36,37)16-1-3-18(22(7-16)33(41,42)43)20-5-13-6-21(19-4-2-17(32(38,39)40)8-23(19)34(44,45)46)27-26(52-30(53-27)15(11-49)12-50)24(13)28-25(20)51-29(54-28)14(9-47)10-48/h1-8,51-52H. The summed E-state index contributed by atoms with van der Waals surface area (Å²) in [6.07, 6.45) is -21.4. The van der Waals surface area contributed by atoms with Crippen molar-refractivity contribution in [3.05, 3.63) is 93.7 Å². The summed E-state index contributed by atoms with van der Waals surface area (Å²) in [6, 6.07) is 8.67. The second-order valence-electron chi connectivity index (χ2n) is 11.2. The Labute approximate surface area is 292 Å². The first-order chi connectivity index (χ1) is 25.1. The molecule has 0 bridgehead atoms. The van der Waals surface area contributed by atoms with Crippen LogP contribution in [0.5, 0.6) is 11.5 Å². The van der Waals surface area contributed by atoms with Crippen LogP contribution in [0.2, 0.25) is 0 Å². The molecule has 0 saturated carbocycles. The Kier molecular flexibility index (Phi) is 8.35. The highest BCUT2D eigenvalue weighted by Crippen LogP contribution is 2.58. The zero-order valence-corrected chi connectivity index (χ0v) is 25.8. The largest absolute Gasteiger partial charge is 0.436 e. The monoisotopic (exact) mass is 762 g/mol. The Morgan fingerprint density at radius 3 is 1.31 bits per heavy atom. The van der Waals surface area contributed by atoms with Gasteiger partial charge in [-0.05, 0) is 52.9 Å². The Balaban J connectivity index is 1.79. The molecule has 4 aromatic carbocycles. The van der Waals surface area contributed by atoms with E-state index in [1.165, 1.54) is 24.3 Å². The van der Waals surface area contributed by atoms with Crippen molar-refractivity contribution < 1.29 is 62.2 Å². The van der Waals surface area contributed by atoms with Crippen molar-refractivity contribution in [3.63, 3.8) is 0 Å². The van der Waals surface area contributed by atoms with E-state index in [9.17, 15) is 73.7 Å². The molecular formula is C34H10F12N6O2. The molecule has 2 heterocycles. The fraction of sp³-hybridized carbons (Fsp3) is 0.118. The number of alkyl halides is 12. The number of ether oxygens (including phenoxy) is 2. The van der Waals surface area contributed by atoms with Gasteiger partial charge in [0, 0.05) is 11.1 Å². The molecule has 2 aliphatic rings. The number of allylic oxidation sites excluding steroid dienone is 2. The number of rotatable bonds is 2. The van der Waals surface area contributed by atoms with E-state index < -0.39 is 115 Å². The highest BCUT2D eigenvalue weighted by Gasteiger charge is 2.43. The molecule has 0 radical (unpaired) electrons. The van der Waals surface area contributed by atoms with Crippen LogP contribution in [0.1, 0.15) is 22.3 Å². The van der Waals surface area contributed by atoms with Crippen LogP contribution in [-0.2, 0) is 24.7 Å². The third kappa shape index (κ3) is 6.13. The average molecular weight is 762 g/mol. The van der Waals surface area contributed by atoms with Crippen molar-refractivity contribution >= 4 is 22.1 Å². The zero-order valence-electron chi connectivity index (χ0n) is 25.8. The predicted octanol–water partition coefficient (Wildman–Crippen LogP) is 10.4.